The molecule has 0 saturated heterocycles. The molecule has 0 aliphatic heterocycles. The highest BCUT2D eigenvalue weighted by atomic mass is 32.1. The maximum absolute atomic E-state index is 12.3. The first-order valence-electron chi connectivity index (χ1n) is 5.66. The Labute approximate surface area is 114 Å². The normalized spacial score (nSPS) is 10.9. The third kappa shape index (κ3) is 2.76. The molecule has 2 aromatic heterocycles. The molecule has 0 fully saturated rings. The fourth-order valence-corrected chi connectivity index (χ4v) is 3.08. The van der Waals surface area contributed by atoms with Gasteiger partial charge in [0.25, 0.3) is 5.91 Å². The van der Waals surface area contributed by atoms with Crippen LogP contribution in [0.4, 0.5) is 0 Å². The lowest BCUT2D eigenvalue weighted by Gasteiger charge is -2.15. The summed E-state index contributed by atoms with van der Waals surface area (Å²) in [4.78, 5) is 23.4. The highest BCUT2D eigenvalue weighted by Gasteiger charge is 2.21. The number of amides is 1. The Morgan fingerprint density at radius 1 is 1.39 bits per heavy atom. The van der Waals surface area contributed by atoms with Crippen LogP contribution < -0.4 is 0 Å². The van der Waals surface area contributed by atoms with Gasteiger partial charge in [-0.1, -0.05) is 13.8 Å². The van der Waals surface area contributed by atoms with E-state index in [0.29, 0.717) is 18.2 Å². The topological polar surface area (TPSA) is 46.1 Å². The summed E-state index contributed by atoms with van der Waals surface area (Å²) in [6, 6.07) is 0. The molecule has 2 aromatic rings. The van der Waals surface area contributed by atoms with Crippen LogP contribution in [0.3, 0.4) is 0 Å². The van der Waals surface area contributed by atoms with E-state index in [1.165, 1.54) is 11.3 Å². The number of thiazole rings is 2. The van der Waals surface area contributed by atoms with Crippen LogP contribution in [0, 0.1) is 0 Å². The lowest BCUT2D eigenvalue weighted by molar-refractivity contribution is 0.0778. The van der Waals surface area contributed by atoms with Gasteiger partial charge < -0.3 is 4.90 Å². The lowest BCUT2D eigenvalue weighted by atomic mass is 10.1. The van der Waals surface area contributed by atoms with Crippen molar-refractivity contribution in [1.29, 1.82) is 0 Å². The van der Waals surface area contributed by atoms with Gasteiger partial charge in [-0.05, 0) is 5.92 Å². The van der Waals surface area contributed by atoms with E-state index in [1.807, 2.05) is 5.38 Å². The van der Waals surface area contributed by atoms with Crippen LogP contribution in [0.1, 0.15) is 40.1 Å². The first-order valence-corrected chi connectivity index (χ1v) is 7.42. The van der Waals surface area contributed by atoms with Crippen LogP contribution in [-0.2, 0) is 6.54 Å². The monoisotopic (exact) mass is 281 g/mol. The summed E-state index contributed by atoms with van der Waals surface area (Å²) < 4.78 is 0. The van der Waals surface area contributed by atoms with Gasteiger partial charge in [0, 0.05) is 23.5 Å². The van der Waals surface area contributed by atoms with Crippen molar-refractivity contribution >= 4 is 28.6 Å². The predicted molar refractivity (Wildman–Crippen MR) is 74.1 cm³/mol. The molecule has 1 amide bonds. The van der Waals surface area contributed by atoms with Gasteiger partial charge in [0.05, 0.1) is 12.1 Å². The molecule has 0 aliphatic rings. The van der Waals surface area contributed by atoms with Crippen LogP contribution in [0.2, 0.25) is 0 Å². The number of carbonyl (C=O) groups is 1. The van der Waals surface area contributed by atoms with Crippen molar-refractivity contribution in [2.75, 3.05) is 7.05 Å². The fourth-order valence-electron chi connectivity index (χ4n) is 1.61. The van der Waals surface area contributed by atoms with Crippen LogP contribution >= 0.6 is 22.7 Å². The van der Waals surface area contributed by atoms with Crippen molar-refractivity contribution in [3.05, 3.63) is 32.7 Å². The number of nitrogens with zero attached hydrogens (tertiary/aromatic N) is 3. The highest BCUT2D eigenvalue weighted by Crippen LogP contribution is 2.24. The summed E-state index contributed by atoms with van der Waals surface area (Å²) in [6.45, 7) is 4.68. The summed E-state index contributed by atoms with van der Waals surface area (Å²) in [5.41, 5.74) is 2.31. The molecular weight excluding hydrogens is 266 g/mol. The van der Waals surface area contributed by atoms with Crippen molar-refractivity contribution in [1.82, 2.24) is 14.9 Å². The van der Waals surface area contributed by atoms with Crippen LogP contribution in [0.15, 0.2) is 17.1 Å². The molecule has 0 radical (unpaired) electrons. The van der Waals surface area contributed by atoms with E-state index >= 15 is 0 Å². The first-order chi connectivity index (χ1) is 8.59. The maximum Gasteiger partial charge on any atom is 0.273 e. The molecule has 0 aliphatic carbocycles. The van der Waals surface area contributed by atoms with Gasteiger partial charge in [0.1, 0.15) is 10.7 Å². The van der Waals surface area contributed by atoms with Gasteiger partial charge in [-0.15, -0.1) is 22.7 Å². The van der Waals surface area contributed by atoms with Gasteiger partial charge >= 0.3 is 0 Å². The molecule has 0 unspecified atom stereocenters. The summed E-state index contributed by atoms with van der Waals surface area (Å²) in [5.74, 6) is 0.292. The largest absolute Gasteiger partial charge is 0.334 e. The zero-order valence-corrected chi connectivity index (χ0v) is 12.2. The minimum absolute atomic E-state index is 0.0323. The van der Waals surface area contributed by atoms with Gasteiger partial charge in [-0.2, -0.15) is 0 Å². The molecule has 2 rings (SSSR count). The van der Waals surface area contributed by atoms with Gasteiger partial charge in [0.15, 0.2) is 0 Å². The predicted octanol–water partition coefficient (Wildman–Crippen LogP) is 3.00. The Balaban J connectivity index is 2.13. The molecule has 0 N–H and O–H groups in total. The molecule has 0 aromatic carbocycles. The fraction of sp³-hybridized carbons (Fsp3) is 0.417. The van der Waals surface area contributed by atoms with Crippen LogP contribution in [0.25, 0.3) is 0 Å². The van der Waals surface area contributed by atoms with E-state index in [2.05, 4.69) is 23.8 Å². The van der Waals surface area contributed by atoms with Crippen molar-refractivity contribution in [3.63, 3.8) is 0 Å². The van der Waals surface area contributed by atoms with E-state index in [1.54, 1.807) is 35.0 Å². The Bertz CT molecular complexity index is 519. The summed E-state index contributed by atoms with van der Waals surface area (Å²) >= 11 is 3.09. The Kier molecular flexibility index (Phi) is 4.08. The Morgan fingerprint density at radius 3 is 2.78 bits per heavy atom. The highest BCUT2D eigenvalue weighted by molar-refractivity contribution is 7.10. The molecule has 18 heavy (non-hydrogen) atoms. The number of carbonyl (C=O) groups excluding carboxylic acids is 1. The molecule has 0 atom stereocenters. The average Bonchev–Trinajstić information content (AvgIpc) is 2.97. The molecule has 96 valence electrons. The minimum Gasteiger partial charge on any atom is -0.334 e. The Hall–Kier alpha value is -1.27. The van der Waals surface area contributed by atoms with Gasteiger partial charge in [-0.3, -0.25) is 4.79 Å². The second kappa shape index (κ2) is 5.58. The molecular formula is C12H15N3OS2. The molecule has 4 nitrogen and oxygen atoms in total. The maximum atomic E-state index is 12.3. The Morgan fingerprint density at radius 2 is 2.17 bits per heavy atom. The van der Waals surface area contributed by atoms with E-state index < -0.39 is 0 Å². The third-order valence-corrected chi connectivity index (χ3v) is 4.42. The first kappa shape index (κ1) is 13.2. The number of hydrogen-bond donors (Lipinski definition) is 0. The summed E-state index contributed by atoms with van der Waals surface area (Å²) in [7, 11) is 1.78. The summed E-state index contributed by atoms with van der Waals surface area (Å²) in [6.07, 6.45) is 1.75. The number of rotatable bonds is 4. The van der Waals surface area contributed by atoms with Crippen LogP contribution in [-0.4, -0.2) is 27.8 Å². The smallest absolute Gasteiger partial charge is 0.273 e. The summed E-state index contributed by atoms with van der Waals surface area (Å²) in [5, 5.41) is 2.85. The van der Waals surface area contributed by atoms with Gasteiger partial charge in [-0.25, -0.2) is 9.97 Å². The molecule has 2 heterocycles. The second-order valence-electron chi connectivity index (χ2n) is 4.31. The number of hydrogen-bond acceptors (Lipinski definition) is 5. The standard InChI is InChI=1S/C12H15N3OS2/c1-8(2)11-10(14-7-18-11)12(16)15(3)6-9-13-4-5-17-9/h4-5,7-8H,6H2,1-3H3. The van der Waals surface area contributed by atoms with Crippen molar-refractivity contribution in [3.8, 4) is 0 Å². The van der Waals surface area contributed by atoms with E-state index in [9.17, 15) is 4.79 Å². The molecule has 0 spiro atoms. The molecule has 0 bridgehead atoms. The van der Waals surface area contributed by atoms with E-state index in [-0.39, 0.29) is 5.91 Å². The van der Waals surface area contributed by atoms with Crippen molar-refractivity contribution < 1.29 is 4.79 Å². The SMILES string of the molecule is CC(C)c1scnc1C(=O)N(C)Cc1nccs1. The molecule has 0 saturated carbocycles. The van der Waals surface area contributed by atoms with Crippen LogP contribution in [0.5, 0.6) is 0 Å². The van der Waals surface area contributed by atoms with E-state index in [4.69, 9.17) is 0 Å². The minimum atomic E-state index is -0.0323. The van der Waals surface area contributed by atoms with Crippen molar-refractivity contribution in [2.45, 2.75) is 26.3 Å². The average molecular weight is 281 g/mol. The van der Waals surface area contributed by atoms with Gasteiger partial charge in [0.2, 0.25) is 0 Å². The quantitative estimate of drug-likeness (QED) is 0.865. The second-order valence-corrected chi connectivity index (χ2v) is 6.17. The zero-order chi connectivity index (χ0) is 13.1. The van der Waals surface area contributed by atoms with E-state index in [0.717, 1.165) is 9.88 Å². The molecule has 6 heteroatoms. The zero-order valence-electron chi connectivity index (χ0n) is 10.6. The number of aromatic nitrogens is 2. The van der Waals surface area contributed by atoms with Crippen molar-refractivity contribution in [2.24, 2.45) is 0 Å². The lowest BCUT2D eigenvalue weighted by Crippen LogP contribution is -2.27. The third-order valence-electron chi connectivity index (χ3n) is 2.52.